The van der Waals surface area contributed by atoms with E-state index in [1.54, 1.807) is 29.2 Å². The minimum atomic E-state index is -0.673. The molecule has 0 radical (unpaired) electrons. The highest BCUT2D eigenvalue weighted by Gasteiger charge is 2.33. The van der Waals surface area contributed by atoms with Gasteiger partial charge in [-0.05, 0) is 37.3 Å². The Morgan fingerprint density at radius 3 is 2.43 bits per heavy atom. The first-order valence-corrected chi connectivity index (χ1v) is 9.25. The number of ether oxygens (including phenoxy) is 2. The molecule has 0 bridgehead atoms. The van der Waals surface area contributed by atoms with E-state index < -0.39 is 11.9 Å². The largest absolute Gasteiger partial charge is 0.485 e. The number of amides is 1. The van der Waals surface area contributed by atoms with Crippen LogP contribution in [0.5, 0.6) is 11.5 Å². The second-order valence-corrected chi connectivity index (χ2v) is 6.90. The lowest BCUT2D eigenvalue weighted by Crippen LogP contribution is -2.54. The Morgan fingerprint density at radius 1 is 1.04 bits per heavy atom. The second-order valence-electron chi connectivity index (χ2n) is 6.90. The van der Waals surface area contributed by atoms with Crippen LogP contribution in [0.1, 0.15) is 17.3 Å². The minimum Gasteiger partial charge on any atom is -0.485 e. The summed E-state index contributed by atoms with van der Waals surface area (Å²) >= 11 is 0. The van der Waals surface area contributed by atoms with Crippen molar-refractivity contribution in [3.8, 4) is 11.5 Å². The van der Waals surface area contributed by atoms with E-state index in [2.05, 4.69) is 0 Å². The van der Waals surface area contributed by atoms with Crippen LogP contribution in [0, 0.1) is 5.82 Å². The van der Waals surface area contributed by atoms with Gasteiger partial charge >= 0.3 is 0 Å². The lowest BCUT2D eigenvalue weighted by atomic mass is 10.1. The molecule has 1 atom stereocenters. The number of hydrogen-bond acceptors (Lipinski definition) is 5. The van der Waals surface area contributed by atoms with Crippen LogP contribution >= 0.6 is 0 Å². The van der Waals surface area contributed by atoms with Gasteiger partial charge in [-0.2, -0.15) is 0 Å². The van der Waals surface area contributed by atoms with E-state index >= 15 is 0 Å². The van der Waals surface area contributed by atoms with E-state index in [1.807, 2.05) is 17.0 Å². The Hall–Kier alpha value is -3.09. The minimum absolute atomic E-state index is 0.124. The molecule has 0 saturated carbocycles. The van der Waals surface area contributed by atoms with Gasteiger partial charge in [-0.3, -0.25) is 9.59 Å². The molecule has 1 fully saturated rings. The number of benzene rings is 2. The predicted molar refractivity (Wildman–Crippen MR) is 102 cm³/mol. The number of para-hydroxylation sites is 2. The number of hydrogen-bond donors (Lipinski definition) is 0. The van der Waals surface area contributed by atoms with Crippen molar-refractivity contribution in [2.75, 3.05) is 37.7 Å². The molecular weight excluding hydrogens is 363 g/mol. The maximum absolute atomic E-state index is 14.4. The van der Waals surface area contributed by atoms with Crippen molar-refractivity contribution < 1.29 is 23.5 Å². The molecule has 2 aliphatic heterocycles. The highest BCUT2D eigenvalue weighted by atomic mass is 19.1. The number of rotatable bonds is 3. The van der Waals surface area contributed by atoms with Crippen molar-refractivity contribution in [2.24, 2.45) is 0 Å². The summed E-state index contributed by atoms with van der Waals surface area (Å²) in [5.41, 5.74) is 0.799. The number of ketones is 1. The zero-order valence-corrected chi connectivity index (χ0v) is 15.6. The number of Topliss-reactive ketones (excluding diaryl/α,β-unsaturated/α-hetero) is 1. The number of anilines is 1. The van der Waals surface area contributed by atoms with Crippen LogP contribution in [0.15, 0.2) is 42.5 Å². The predicted octanol–water partition coefficient (Wildman–Crippen LogP) is 2.52. The second kappa shape index (κ2) is 7.50. The summed E-state index contributed by atoms with van der Waals surface area (Å²) in [6.07, 6.45) is -0.673. The van der Waals surface area contributed by atoms with Crippen molar-refractivity contribution in [1.82, 2.24) is 4.90 Å². The molecule has 4 rings (SSSR count). The SMILES string of the molecule is CC(=O)c1ccc(N2CCN(C(=O)[C@H]3COc4ccccc4O3)CC2)c(F)c1. The molecule has 0 spiro atoms. The molecule has 2 aromatic carbocycles. The summed E-state index contributed by atoms with van der Waals surface area (Å²) in [4.78, 5) is 27.8. The number of fused-ring (bicyclic) bond motifs is 1. The van der Waals surface area contributed by atoms with Gasteiger partial charge in [0.1, 0.15) is 12.4 Å². The molecule has 0 aromatic heterocycles. The van der Waals surface area contributed by atoms with E-state index in [-0.39, 0.29) is 18.3 Å². The lowest BCUT2D eigenvalue weighted by Gasteiger charge is -2.38. The zero-order valence-electron chi connectivity index (χ0n) is 15.6. The Kier molecular flexibility index (Phi) is 4.90. The van der Waals surface area contributed by atoms with Crippen LogP contribution in [0.25, 0.3) is 0 Å². The van der Waals surface area contributed by atoms with Crippen molar-refractivity contribution >= 4 is 17.4 Å². The summed E-state index contributed by atoms with van der Waals surface area (Å²) in [6.45, 7) is 3.53. The third kappa shape index (κ3) is 3.52. The fourth-order valence-corrected chi connectivity index (χ4v) is 3.49. The Labute approximate surface area is 162 Å². The summed E-state index contributed by atoms with van der Waals surface area (Å²) in [6, 6.07) is 11.8. The lowest BCUT2D eigenvalue weighted by molar-refractivity contribution is -0.141. The highest BCUT2D eigenvalue weighted by Crippen LogP contribution is 2.31. The number of carbonyl (C=O) groups excluding carboxylic acids is 2. The van der Waals surface area contributed by atoms with Crippen molar-refractivity contribution in [2.45, 2.75) is 13.0 Å². The van der Waals surface area contributed by atoms with Gasteiger partial charge in [-0.15, -0.1) is 0 Å². The molecule has 2 aliphatic rings. The van der Waals surface area contributed by atoms with Crippen LogP contribution in [0.3, 0.4) is 0 Å². The molecule has 2 aromatic rings. The molecule has 0 aliphatic carbocycles. The smallest absolute Gasteiger partial charge is 0.267 e. The van der Waals surface area contributed by atoms with Crippen LogP contribution in [0.2, 0.25) is 0 Å². The number of halogens is 1. The molecule has 0 N–H and O–H groups in total. The van der Waals surface area contributed by atoms with Gasteiger partial charge in [0.15, 0.2) is 17.3 Å². The van der Waals surface area contributed by atoms with E-state index in [0.717, 1.165) is 0 Å². The summed E-state index contributed by atoms with van der Waals surface area (Å²) in [7, 11) is 0. The van der Waals surface area contributed by atoms with Crippen LogP contribution < -0.4 is 14.4 Å². The maximum atomic E-state index is 14.4. The van der Waals surface area contributed by atoms with Crippen molar-refractivity contribution in [1.29, 1.82) is 0 Å². The quantitative estimate of drug-likeness (QED) is 0.761. The van der Waals surface area contributed by atoms with Gasteiger partial charge < -0.3 is 19.3 Å². The van der Waals surface area contributed by atoms with E-state index in [1.165, 1.54) is 13.0 Å². The molecule has 1 saturated heterocycles. The van der Waals surface area contributed by atoms with Gasteiger partial charge in [0, 0.05) is 31.7 Å². The van der Waals surface area contributed by atoms with Gasteiger partial charge in [0.05, 0.1) is 5.69 Å². The number of nitrogens with zero attached hydrogens (tertiary/aromatic N) is 2. The maximum Gasteiger partial charge on any atom is 0.267 e. The Morgan fingerprint density at radius 2 is 1.75 bits per heavy atom. The molecule has 28 heavy (non-hydrogen) atoms. The van der Waals surface area contributed by atoms with Gasteiger partial charge in [0.25, 0.3) is 5.91 Å². The first kappa shape index (κ1) is 18.3. The summed E-state index contributed by atoms with van der Waals surface area (Å²) in [5.74, 6) is 0.492. The number of piperazine rings is 1. The average molecular weight is 384 g/mol. The molecule has 0 unspecified atom stereocenters. The highest BCUT2D eigenvalue weighted by molar-refractivity contribution is 5.94. The molecule has 7 heteroatoms. The van der Waals surface area contributed by atoms with Crippen LogP contribution in [0.4, 0.5) is 10.1 Å². The summed E-state index contributed by atoms with van der Waals surface area (Å²) in [5, 5.41) is 0. The first-order valence-electron chi connectivity index (χ1n) is 9.25. The first-order chi connectivity index (χ1) is 13.5. The monoisotopic (exact) mass is 384 g/mol. The van der Waals surface area contributed by atoms with Crippen LogP contribution in [-0.4, -0.2) is 55.5 Å². The molecule has 146 valence electrons. The van der Waals surface area contributed by atoms with Gasteiger partial charge in [-0.1, -0.05) is 12.1 Å². The van der Waals surface area contributed by atoms with E-state index in [0.29, 0.717) is 48.9 Å². The van der Waals surface area contributed by atoms with Gasteiger partial charge in [-0.25, -0.2) is 4.39 Å². The zero-order chi connectivity index (χ0) is 19.7. The topological polar surface area (TPSA) is 59.1 Å². The van der Waals surface area contributed by atoms with Crippen molar-refractivity contribution in [3.05, 3.63) is 53.8 Å². The number of carbonyl (C=O) groups is 2. The third-order valence-corrected chi connectivity index (χ3v) is 5.07. The fraction of sp³-hybridized carbons (Fsp3) is 0.333. The normalized spacial score (nSPS) is 18.7. The molecule has 1 amide bonds. The van der Waals surface area contributed by atoms with Gasteiger partial charge in [0.2, 0.25) is 6.10 Å². The standard InChI is InChI=1S/C21H21FN2O4/c1-14(25)15-6-7-17(16(22)12-15)23-8-10-24(11-9-23)21(26)20-13-27-18-4-2-3-5-19(18)28-20/h2-7,12,20H,8-11,13H2,1H3/t20-/m1/s1. The van der Waals surface area contributed by atoms with Crippen LogP contribution in [-0.2, 0) is 4.79 Å². The fourth-order valence-electron chi connectivity index (χ4n) is 3.49. The van der Waals surface area contributed by atoms with Crippen molar-refractivity contribution in [3.63, 3.8) is 0 Å². The third-order valence-electron chi connectivity index (χ3n) is 5.07. The Balaban J connectivity index is 1.38. The molecular formula is C21H21FN2O4. The summed E-state index contributed by atoms with van der Waals surface area (Å²) < 4.78 is 25.8. The molecule has 2 heterocycles. The molecule has 6 nitrogen and oxygen atoms in total. The Bertz CT molecular complexity index is 909. The van der Waals surface area contributed by atoms with E-state index in [9.17, 15) is 14.0 Å². The average Bonchev–Trinajstić information content (AvgIpc) is 2.73. The van der Waals surface area contributed by atoms with E-state index in [4.69, 9.17) is 9.47 Å².